The highest BCUT2D eigenvalue weighted by Crippen LogP contribution is 2.39. The Labute approximate surface area is 242 Å². The van der Waals surface area contributed by atoms with Crippen LogP contribution in [-0.2, 0) is 19.7 Å². The number of imide groups is 1. The Balaban J connectivity index is 1.38. The van der Waals surface area contributed by atoms with E-state index in [4.69, 9.17) is 15.8 Å². The van der Waals surface area contributed by atoms with E-state index in [9.17, 15) is 27.6 Å². The molecule has 0 bridgehead atoms. The second-order valence-corrected chi connectivity index (χ2v) is 12.1. The van der Waals surface area contributed by atoms with Gasteiger partial charge in [0.05, 0.1) is 11.8 Å². The molecule has 2 fully saturated rings. The number of rotatable bonds is 8. The Morgan fingerprint density at radius 2 is 1.39 bits per heavy atom. The highest BCUT2D eigenvalue weighted by molar-refractivity contribution is 7.87. The van der Waals surface area contributed by atoms with Crippen LogP contribution in [0.5, 0.6) is 5.75 Å². The number of hydrogen-bond donors (Lipinski definition) is 0. The van der Waals surface area contributed by atoms with Crippen LogP contribution in [0.15, 0.2) is 77.7 Å². The summed E-state index contributed by atoms with van der Waals surface area (Å²) in [6.07, 6.45) is 2.73. The molecule has 2 atom stereocenters. The average Bonchev–Trinajstić information content (AvgIpc) is 3.21. The summed E-state index contributed by atoms with van der Waals surface area (Å²) in [5.41, 5.74) is 1.18. The molecule has 3 amide bonds. The summed E-state index contributed by atoms with van der Waals surface area (Å²) in [7, 11) is -4.09. The second kappa shape index (κ2) is 11.5. The molecule has 1 aliphatic carbocycles. The standard InChI is InChI=1S/C30H27ClN2O7S/c1-19-6-16-24(17-7-19)41(38,39)40-23-14-10-20(11-15-23)27(34)18-32(28(35)21-8-12-22(31)13-9-21)33-29(36)25-4-2-3-5-26(25)30(33)37/h6-17,25-26H,2-5,18H2,1H3/t25-,26+. The van der Waals surface area contributed by atoms with Gasteiger partial charge in [0.2, 0.25) is 0 Å². The molecule has 5 rings (SSSR count). The minimum absolute atomic E-state index is 0.00908. The van der Waals surface area contributed by atoms with Crippen LogP contribution in [0, 0.1) is 18.8 Å². The Morgan fingerprint density at radius 3 is 1.95 bits per heavy atom. The Kier molecular flexibility index (Phi) is 7.97. The third-order valence-corrected chi connectivity index (χ3v) is 8.88. The van der Waals surface area contributed by atoms with Crippen LogP contribution in [-0.4, -0.2) is 48.5 Å². The van der Waals surface area contributed by atoms with Crippen LogP contribution in [0.3, 0.4) is 0 Å². The Morgan fingerprint density at radius 1 is 0.854 bits per heavy atom. The first kappa shape index (κ1) is 28.5. The topological polar surface area (TPSA) is 118 Å². The Hall–Kier alpha value is -4.02. The number of Topliss-reactive ketones (excluding diaryl/α,β-unsaturated/α-hetero) is 1. The van der Waals surface area contributed by atoms with Crippen LogP contribution in [0.1, 0.15) is 52.0 Å². The predicted molar refractivity (Wildman–Crippen MR) is 150 cm³/mol. The van der Waals surface area contributed by atoms with Gasteiger partial charge in [-0.2, -0.15) is 13.4 Å². The summed E-state index contributed by atoms with van der Waals surface area (Å²) in [6, 6.07) is 17.5. The smallest absolute Gasteiger partial charge is 0.339 e. The molecule has 0 radical (unpaired) electrons. The van der Waals surface area contributed by atoms with Gasteiger partial charge in [0, 0.05) is 16.1 Å². The van der Waals surface area contributed by atoms with Gasteiger partial charge < -0.3 is 4.18 Å². The molecule has 0 unspecified atom stereocenters. The largest absolute Gasteiger partial charge is 0.379 e. The maximum Gasteiger partial charge on any atom is 0.339 e. The summed E-state index contributed by atoms with van der Waals surface area (Å²) in [4.78, 5) is 53.5. The van der Waals surface area contributed by atoms with E-state index in [1.54, 1.807) is 12.1 Å². The van der Waals surface area contributed by atoms with E-state index in [0.29, 0.717) is 17.9 Å². The molecule has 1 heterocycles. The number of fused-ring (bicyclic) bond motifs is 1. The van der Waals surface area contributed by atoms with Crippen molar-refractivity contribution < 1.29 is 31.8 Å². The lowest BCUT2D eigenvalue weighted by atomic mass is 9.81. The molecule has 2 aliphatic rings. The molecule has 212 valence electrons. The normalized spacial score (nSPS) is 18.6. The Bertz CT molecular complexity index is 1580. The van der Waals surface area contributed by atoms with Crippen molar-refractivity contribution in [1.82, 2.24) is 10.0 Å². The van der Waals surface area contributed by atoms with Crippen molar-refractivity contribution in [3.05, 3.63) is 94.5 Å². The van der Waals surface area contributed by atoms with Crippen LogP contribution < -0.4 is 4.18 Å². The van der Waals surface area contributed by atoms with Crippen molar-refractivity contribution in [2.45, 2.75) is 37.5 Å². The van der Waals surface area contributed by atoms with Crippen LogP contribution in [0.25, 0.3) is 0 Å². The van der Waals surface area contributed by atoms with Gasteiger partial charge >= 0.3 is 10.1 Å². The number of nitrogens with zero attached hydrogens (tertiary/aromatic N) is 2. The quantitative estimate of drug-likeness (QED) is 0.208. The van der Waals surface area contributed by atoms with Crippen LogP contribution >= 0.6 is 11.6 Å². The summed E-state index contributed by atoms with van der Waals surface area (Å²) >= 11 is 5.96. The number of halogens is 1. The van der Waals surface area contributed by atoms with Crippen molar-refractivity contribution in [2.75, 3.05) is 6.54 Å². The third kappa shape index (κ3) is 5.89. The molecule has 1 aliphatic heterocycles. The lowest BCUT2D eigenvalue weighted by Crippen LogP contribution is -2.52. The fraction of sp³-hybridized carbons (Fsp3) is 0.267. The molecular formula is C30H27ClN2O7S. The number of ketones is 1. The van der Waals surface area contributed by atoms with E-state index in [1.807, 2.05) is 6.92 Å². The van der Waals surface area contributed by atoms with Crippen molar-refractivity contribution in [1.29, 1.82) is 0 Å². The van der Waals surface area contributed by atoms with Gasteiger partial charge in [0.15, 0.2) is 5.78 Å². The van der Waals surface area contributed by atoms with Crippen molar-refractivity contribution in [2.24, 2.45) is 11.8 Å². The predicted octanol–water partition coefficient (Wildman–Crippen LogP) is 4.83. The fourth-order valence-corrected chi connectivity index (χ4v) is 6.22. The van der Waals surface area contributed by atoms with Crippen LogP contribution in [0.2, 0.25) is 5.02 Å². The SMILES string of the molecule is Cc1ccc(S(=O)(=O)Oc2ccc(C(=O)CN(C(=O)c3ccc(Cl)cc3)N3C(=O)[C@H]4CCCC[C@H]4C3=O)cc2)cc1. The van der Waals surface area contributed by atoms with Crippen molar-refractivity contribution >= 4 is 45.2 Å². The molecule has 41 heavy (non-hydrogen) atoms. The summed E-state index contributed by atoms with van der Waals surface area (Å²) in [5, 5.41) is 2.14. The van der Waals surface area contributed by atoms with Gasteiger partial charge in [-0.05, 0) is 80.4 Å². The van der Waals surface area contributed by atoms with E-state index in [0.717, 1.165) is 28.4 Å². The zero-order valence-electron chi connectivity index (χ0n) is 22.2. The number of carbonyl (C=O) groups excluding carboxylic acids is 4. The zero-order chi connectivity index (χ0) is 29.3. The van der Waals surface area contributed by atoms with Gasteiger partial charge in [-0.15, -0.1) is 0 Å². The number of amides is 3. The number of benzene rings is 3. The van der Waals surface area contributed by atoms with E-state index >= 15 is 0 Å². The highest BCUT2D eigenvalue weighted by Gasteiger charge is 2.51. The molecule has 3 aromatic rings. The lowest BCUT2D eigenvalue weighted by Gasteiger charge is -2.30. The fourth-order valence-electron chi connectivity index (χ4n) is 5.16. The van der Waals surface area contributed by atoms with Gasteiger partial charge in [-0.1, -0.05) is 42.1 Å². The number of hydrazine groups is 1. The van der Waals surface area contributed by atoms with E-state index < -0.39 is 52.0 Å². The van der Waals surface area contributed by atoms with E-state index in [-0.39, 0.29) is 21.8 Å². The molecule has 0 N–H and O–H groups in total. The molecule has 1 saturated carbocycles. The summed E-state index contributed by atoms with van der Waals surface area (Å²) in [6.45, 7) is 1.25. The summed E-state index contributed by atoms with van der Waals surface area (Å²) < 4.78 is 30.4. The highest BCUT2D eigenvalue weighted by atomic mass is 35.5. The third-order valence-electron chi connectivity index (χ3n) is 7.37. The number of hydrogen-bond acceptors (Lipinski definition) is 7. The first-order valence-electron chi connectivity index (χ1n) is 13.1. The molecule has 3 aromatic carbocycles. The minimum atomic E-state index is -4.09. The first-order chi connectivity index (χ1) is 19.5. The average molecular weight is 595 g/mol. The lowest BCUT2D eigenvalue weighted by molar-refractivity contribution is -0.154. The first-order valence-corrected chi connectivity index (χ1v) is 14.9. The maximum atomic E-state index is 13.6. The van der Waals surface area contributed by atoms with Crippen molar-refractivity contribution in [3.63, 3.8) is 0 Å². The monoisotopic (exact) mass is 594 g/mol. The summed E-state index contributed by atoms with van der Waals surface area (Å²) in [5.74, 6) is -3.27. The number of aryl methyl sites for hydroxylation is 1. The van der Waals surface area contributed by atoms with E-state index in [2.05, 4.69) is 0 Å². The maximum absolute atomic E-state index is 13.6. The molecule has 1 saturated heterocycles. The van der Waals surface area contributed by atoms with Gasteiger partial charge in [-0.3, -0.25) is 19.2 Å². The van der Waals surface area contributed by atoms with Gasteiger partial charge in [0.25, 0.3) is 17.7 Å². The van der Waals surface area contributed by atoms with E-state index in [1.165, 1.54) is 60.7 Å². The molecule has 9 nitrogen and oxygen atoms in total. The molecule has 11 heteroatoms. The second-order valence-electron chi connectivity index (χ2n) is 10.2. The zero-order valence-corrected chi connectivity index (χ0v) is 23.7. The molecular weight excluding hydrogens is 568 g/mol. The van der Waals surface area contributed by atoms with Crippen molar-refractivity contribution in [3.8, 4) is 5.75 Å². The molecule has 0 spiro atoms. The molecule has 0 aromatic heterocycles. The van der Waals surface area contributed by atoms with Crippen LogP contribution in [0.4, 0.5) is 0 Å². The minimum Gasteiger partial charge on any atom is -0.379 e. The number of carbonyl (C=O) groups is 4. The van der Waals surface area contributed by atoms with Gasteiger partial charge in [0.1, 0.15) is 17.2 Å². The van der Waals surface area contributed by atoms with Gasteiger partial charge in [-0.25, -0.2) is 5.01 Å².